The van der Waals surface area contributed by atoms with Gasteiger partial charge in [-0.2, -0.15) is 0 Å². The third-order valence-corrected chi connectivity index (χ3v) is 6.77. The van der Waals surface area contributed by atoms with Gasteiger partial charge in [-0.15, -0.1) is 11.3 Å². The van der Waals surface area contributed by atoms with Gasteiger partial charge in [-0.05, 0) is 29.6 Å². The molecule has 0 radical (unpaired) electrons. The average molecular weight is 442 g/mol. The molecule has 1 N–H and O–H groups in total. The number of anilines is 2. The number of amides is 1. The molecule has 4 heterocycles. The van der Waals surface area contributed by atoms with E-state index in [-0.39, 0.29) is 5.91 Å². The van der Waals surface area contributed by atoms with E-state index in [0.717, 1.165) is 64.1 Å². The van der Waals surface area contributed by atoms with Gasteiger partial charge in [0, 0.05) is 78.6 Å². The number of nitrogens with zero attached hydrogens (tertiary/aromatic N) is 6. The minimum atomic E-state index is 0.200. The third-order valence-electron chi connectivity index (χ3n) is 5.84. The molecule has 2 aromatic heterocycles. The van der Waals surface area contributed by atoms with Crippen LogP contribution in [-0.2, 0) is 4.79 Å². The van der Waals surface area contributed by atoms with Crippen molar-refractivity contribution in [2.24, 2.45) is 4.99 Å². The first-order valence-electron chi connectivity index (χ1n) is 10.9. The van der Waals surface area contributed by atoms with Crippen molar-refractivity contribution in [3.05, 3.63) is 41.9 Å². The Kier molecular flexibility index (Phi) is 7.24. The Bertz CT molecular complexity index is 842. The normalized spacial score (nSPS) is 17.8. The van der Waals surface area contributed by atoms with E-state index >= 15 is 0 Å². The molecule has 0 aliphatic carbocycles. The summed E-state index contributed by atoms with van der Waals surface area (Å²) in [6.07, 6.45) is 2.30. The molecule has 4 rings (SSSR count). The van der Waals surface area contributed by atoms with Crippen LogP contribution in [0.3, 0.4) is 0 Å². The molecule has 2 fully saturated rings. The zero-order valence-electron chi connectivity index (χ0n) is 18.1. The van der Waals surface area contributed by atoms with E-state index in [1.165, 1.54) is 5.00 Å². The van der Waals surface area contributed by atoms with Crippen LogP contribution in [0.1, 0.15) is 6.42 Å². The zero-order valence-corrected chi connectivity index (χ0v) is 18.9. The van der Waals surface area contributed by atoms with Gasteiger partial charge in [0.1, 0.15) is 5.82 Å². The first-order valence-corrected chi connectivity index (χ1v) is 11.8. The summed E-state index contributed by atoms with van der Waals surface area (Å²) in [5.41, 5.74) is 0. The van der Waals surface area contributed by atoms with Crippen molar-refractivity contribution in [1.29, 1.82) is 0 Å². The molecule has 2 aliphatic heterocycles. The SMILES string of the molecule is CN=C(NCCC(=O)N1CCN(c2ccccn2)CC1)N1CCN(c2cccs2)CC1. The zero-order chi connectivity index (χ0) is 21.5. The molecular weight excluding hydrogens is 410 g/mol. The molecule has 0 unspecified atom stereocenters. The molecule has 0 saturated carbocycles. The number of thiophene rings is 1. The van der Waals surface area contributed by atoms with Gasteiger partial charge in [-0.25, -0.2) is 4.98 Å². The molecule has 0 spiro atoms. The molecule has 2 aromatic rings. The standard InChI is InChI=1S/C22H31N7OS/c1-23-22(29-16-14-28(15-17-29)21-6-4-18-31-21)25-9-7-20(30)27-12-10-26(11-13-27)19-5-2-3-8-24-19/h2-6,8,18H,7,9-17H2,1H3,(H,23,25). The van der Waals surface area contributed by atoms with E-state index < -0.39 is 0 Å². The fraction of sp³-hybridized carbons (Fsp3) is 0.500. The monoisotopic (exact) mass is 441 g/mol. The van der Waals surface area contributed by atoms with Crippen LogP contribution in [0.25, 0.3) is 0 Å². The second-order valence-corrected chi connectivity index (χ2v) is 8.63. The fourth-order valence-corrected chi connectivity index (χ4v) is 4.87. The number of piperazine rings is 2. The number of hydrogen-bond donors (Lipinski definition) is 1. The van der Waals surface area contributed by atoms with E-state index in [4.69, 9.17) is 0 Å². The number of rotatable bonds is 5. The average Bonchev–Trinajstić information content (AvgIpc) is 3.38. The van der Waals surface area contributed by atoms with E-state index in [2.05, 4.69) is 47.5 Å². The van der Waals surface area contributed by atoms with Crippen molar-refractivity contribution >= 4 is 34.0 Å². The Morgan fingerprint density at radius 1 is 1.00 bits per heavy atom. The van der Waals surface area contributed by atoms with Crippen molar-refractivity contribution in [3.63, 3.8) is 0 Å². The summed E-state index contributed by atoms with van der Waals surface area (Å²) >= 11 is 1.79. The fourth-order valence-electron chi connectivity index (χ4n) is 4.09. The second kappa shape index (κ2) is 10.5. The van der Waals surface area contributed by atoms with Crippen molar-refractivity contribution in [2.45, 2.75) is 6.42 Å². The molecule has 0 aromatic carbocycles. The molecule has 0 bridgehead atoms. The second-order valence-electron chi connectivity index (χ2n) is 7.71. The van der Waals surface area contributed by atoms with Crippen molar-refractivity contribution in [3.8, 4) is 0 Å². The number of carbonyl (C=O) groups excluding carboxylic acids is 1. The minimum Gasteiger partial charge on any atom is -0.360 e. The number of carbonyl (C=O) groups is 1. The molecule has 31 heavy (non-hydrogen) atoms. The first-order chi connectivity index (χ1) is 15.2. The summed E-state index contributed by atoms with van der Waals surface area (Å²) in [5, 5.41) is 6.84. The smallest absolute Gasteiger partial charge is 0.224 e. The molecule has 166 valence electrons. The van der Waals surface area contributed by atoms with Gasteiger partial charge in [-0.3, -0.25) is 9.79 Å². The maximum Gasteiger partial charge on any atom is 0.224 e. The van der Waals surface area contributed by atoms with Crippen LogP contribution in [0.5, 0.6) is 0 Å². The summed E-state index contributed by atoms with van der Waals surface area (Å²) < 4.78 is 0. The summed E-state index contributed by atoms with van der Waals surface area (Å²) in [6, 6.07) is 10.2. The maximum absolute atomic E-state index is 12.7. The van der Waals surface area contributed by atoms with Crippen LogP contribution < -0.4 is 15.1 Å². The van der Waals surface area contributed by atoms with Crippen molar-refractivity contribution in [1.82, 2.24) is 20.1 Å². The quantitative estimate of drug-likeness (QED) is 0.561. The van der Waals surface area contributed by atoms with E-state index in [1.54, 1.807) is 11.3 Å². The van der Waals surface area contributed by atoms with Crippen LogP contribution >= 0.6 is 11.3 Å². The van der Waals surface area contributed by atoms with Crippen molar-refractivity contribution in [2.75, 3.05) is 75.8 Å². The lowest BCUT2D eigenvalue weighted by atomic mass is 10.2. The Hall–Kier alpha value is -2.81. The summed E-state index contributed by atoms with van der Waals surface area (Å²) in [7, 11) is 1.81. The highest BCUT2D eigenvalue weighted by Gasteiger charge is 2.23. The van der Waals surface area contributed by atoms with Gasteiger partial charge < -0.3 is 24.9 Å². The lowest BCUT2D eigenvalue weighted by molar-refractivity contribution is -0.131. The minimum absolute atomic E-state index is 0.200. The molecule has 1 amide bonds. The van der Waals surface area contributed by atoms with E-state index in [9.17, 15) is 4.79 Å². The Morgan fingerprint density at radius 2 is 1.74 bits per heavy atom. The highest BCUT2D eigenvalue weighted by molar-refractivity contribution is 7.14. The number of nitrogens with one attached hydrogen (secondary N) is 1. The van der Waals surface area contributed by atoms with Crippen LogP contribution in [0.4, 0.5) is 10.8 Å². The number of hydrogen-bond acceptors (Lipinski definition) is 6. The topological polar surface area (TPSA) is 67.3 Å². The molecule has 8 nitrogen and oxygen atoms in total. The molecule has 2 aliphatic rings. The predicted molar refractivity (Wildman–Crippen MR) is 127 cm³/mol. The highest BCUT2D eigenvalue weighted by atomic mass is 32.1. The lowest BCUT2D eigenvalue weighted by Gasteiger charge is -2.37. The largest absolute Gasteiger partial charge is 0.360 e. The molecule has 2 saturated heterocycles. The van der Waals surface area contributed by atoms with Crippen LogP contribution in [0.15, 0.2) is 46.9 Å². The van der Waals surface area contributed by atoms with Gasteiger partial charge in [0.15, 0.2) is 5.96 Å². The predicted octanol–water partition coefficient (Wildman–Crippen LogP) is 1.58. The molecular formula is C22H31N7OS. The van der Waals surface area contributed by atoms with Gasteiger partial charge in [-0.1, -0.05) is 6.07 Å². The highest BCUT2D eigenvalue weighted by Crippen LogP contribution is 2.22. The molecule has 0 atom stereocenters. The summed E-state index contributed by atoms with van der Waals surface area (Å²) in [4.78, 5) is 30.4. The van der Waals surface area contributed by atoms with Gasteiger partial charge in [0.2, 0.25) is 5.91 Å². The Balaban J connectivity index is 1.17. The van der Waals surface area contributed by atoms with Crippen LogP contribution in [0, 0.1) is 0 Å². The number of aromatic nitrogens is 1. The number of pyridine rings is 1. The molecule has 9 heteroatoms. The summed E-state index contributed by atoms with van der Waals surface area (Å²) in [6.45, 7) is 7.59. The third kappa shape index (κ3) is 5.46. The van der Waals surface area contributed by atoms with E-state index in [0.29, 0.717) is 13.0 Å². The van der Waals surface area contributed by atoms with Gasteiger partial charge in [0.25, 0.3) is 0 Å². The van der Waals surface area contributed by atoms with Crippen LogP contribution in [-0.4, -0.2) is 92.6 Å². The van der Waals surface area contributed by atoms with E-state index in [1.807, 2.05) is 36.3 Å². The summed E-state index contributed by atoms with van der Waals surface area (Å²) in [5.74, 6) is 2.07. The van der Waals surface area contributed by atoms with Crippen molar-refractivity contribution < 1.29 is 4.79 Å². The lowest BCUT2D eigenvalue weighted by Crippen LogP contribution is -2.53. The first kappa shape index (κ1) is 21.4. The van der Waals surface area contributed by atoms with Crippen LogP contribution in [0.2, 0.25) is 0 Å². The van der Waals surface area contributed by atoms with Gasteiger partial charge in [0.05, 0.1) is 5.00 Å². The number of aliphatic imine (C=N–C) groups is 1. The Morgan fingerprint density at radius 3 is 2.39 bits per heavy atom. The van der Waals surface area contributed by atoms with Gasteiger partial charge >= 0.3 is 0 Å². The maximum atomic E-state index is 12.7. The number of guanidine groups is 1. The Labute approximate surface area is 188 Å².